The fraction of sp³-hybridized carbons (Fsp3) is 0.143. The highest BCUT2D eigenvalue weighted by molar-refractivity contribution is 5.73. The number of hydrogen-bond acceptors (Lipinski definition) is 4. The van der Waals surface area contributed by atoms with Gasteiger partial charge in [-0.1, -0.05) is 0 Å². The molecule has 0 atom stereocenters. The summed E-state index contributed by atoms with van der Waals surface area (Å²) in [6.07, 6.45) is -2.46. The van der Waals surface area contributed by atoms with Gasteiger partial charge in [0.2, 0.25) is 0 Å². The van der Waals surface area contributed by atoms with E-state index in [0.717, 1.165) is 0 Å². The first-order valence-electron chi connectivity index (χ1n) is 3.41. The summed E-state index contributed by atoms with van der Waals surface area (Å²) in [6, 6.07) is 2.95. The molecule has 0 amide bonds. The van der Waals surface area contributed by atoms with E-state index in [0.29, 0.717) is 0 Å². The summed E-state index contributed by atoms with van der Waals surface area (Å²) in [5.74, 6) is -2.76. The molecular formula is C7H5F3N2O3. The fourth-order valence-corrected chi connectivity index (χ4v) is 0.348. The van der Waals surface area contributed by atoms with Gasteiger partial charge in [-0.3, -0.25) is 4.79 Å². The second-order valence-electron chi connectivity index (χ2n) is 2.07. The van der Waals surface area contributed by atoms with Gasteiger partial charge in [0.25, 0.3) is 0 Å². The smallest absolute Gasteiger partial charge is 0.475 e. The van der Waals surface area contributed by atoms with Gasteiger partial charge in [0.05, 0.1) is 6.20 Å². The highest BCUT2D eigenvalue weighted by Gasteiger charge is 2.38. The molecule has 0 saturated heterocycles. The van der Waals surface area contributed by atoms with Gasteiger partial charge in [-0.25, -0.2) is 4.79 Å². The van der Waals surface area contributed by atoms with Crippen LogP contribution in [0, 0.1) is 0 Å². The van der Waals surface area contributed by atoms with E-state index in [4.69, 9.17) is 9.90 Å². The molecule has 0 bridgehead atoms. The zero-order valence-electron chi connectivity index (χ0n) is 7.10. The summed E-state index contributed by atoms with van der Waals surface area (Å²) < 4.78 is 31.7. The van der Waals surface area contributed by atoms with E-state index >= 15 is 0 Å². The molecule has 0 aliphatic heterocycles. The summed E-state index contributed by atoms with van der Waals surface area (Å²) in [5, 5.41) is 14.0. The summed E-state index contributed by atoms with van der Waals surface area (Å²) >= 11 is 0. The zero-order chi connectivity index (χ0) is 11.9. The first-order chi connectivity index (χ1) is 6.84. The molecule has 8 heteroatoms. The monoisotopic (exact) mass is 222 g/mol. The van der Waals surface area contributed by atoms with Gasteiger partial charge in [-0.2, -0.15) is 23.4 Å². The molecular weight excluding hydrogens is 217 g/mol. The number of rotatable bonds is 0. The Bertz CT molecular complexity index is 358. The minimum Gasteiger partial charge on any atom is -0.475 e. The molecule has 1 N–H and O–H groups in total. The van der Waals surface area contributed by atoms with E-state index in [9.17, 15) is 18.0 Å². The highest BCUT2D eigenvalue weighted by Crippen LogP contribution is 2.13. The summed E-state index contributed by atoms with van der Waals surface area (Å²) in [7, 11) is 0. The van der Waals surface area contributed by atoms with E-state index in [1.807, 2.05) is 0 Å². The van der Waals surface area contributed by atoms with Gasteiger partial charge < -0.3 is 5.11 Å². The van der Waals surface area contributed by atoms with Crippen molar-refractivity contribution in [2.75, 3.05) is 0 Å². The molecule has 1 aromatic heterocycles. The van der Waals surface area contributed by atoms with Gasteiger partial charge >= 0.3 is 12.1 Å². The van der Waals surface area contributed by atoms with Crippen molar-refractivity contribution in [2.45, 2.75) is 6.18 Å². The Morgan fingerprint density at radius 2 is 1.87 bits per heavy atom. The van der Waals surface area contributed by atoms with Crippen LogP contribution in [0.15, 0.2) is 29.3 Å². The van der Waals surface area contributed by atoms with Crippen molar-refractivity contribution in [1.29, 1.82) is 0 Å². The number of aromatic nitrogens is 2. The first kappa shape index (κ1) is 13.0. The van der Waals surface area contributed by atoms with Gasteiger partial charge in [-0.05, 0) is 12.1 Å². The predicted molar refractivity (Wildman–Crippen MR) is 42.0 cm³/mol. The third kappa shape index (κ3) is 7.11. The van der Waals surface area contributed by atoms with Crippen LogP contribution in [0.3, 0.4) is 0 Å². The maximum Gasteiger partial charge on any atom is 0.490 e. The quantitative estimate of drug-likeness (QED) is 0.690. The average Bonchev–Trinajstić information content (AvgIpc) is 2.32. The highest BCUT2D eigenvalue weighted by atomic mass is 19.4. The lowest BCUT2D eigenvalue weighted by Crippen LogP contribution is -2.21. The standard InChI is InChI=1S/C5H4N2O.C2HF3O2/c8-5-2-1-3-6-7-4-5;3-2(4,5)1(6)7/h1-4H;(H,6,7). The van der Waals surface area contributed by atoms with Crippen molar-refractivity contribution >= 4 is 5.97 Å². The lowest BCUT2D eigenvalue weighted by molar-refractivity contribution is -0.192. The van der Waals surface area contributed by atoms with Crippen LogP contribution >= 0.6 is 0 Å². The molecule has 0 aliphatic carbocycles. The predicted octanol–water partition coefficient (Wildman–Crippen LogP) is 0.470. The molecule has 0 aromatic carbocycles. The minimum atomic E-state index is -5.08. The molecule has 1 heterocycles. The first-order valence-corrected chi connectivity index (χ1v) is 3.41. The van der Waals surface area contributed by atoms with Crippen LogP contribution in [-0.2, 0) is 4.79 Å². The van der Waals surface area contributed by atoms with Crippen LogP contribution < -0.4 is 5.43 Å². The van der Waals surface area contributed by atoms with Crippen molar-refractivity contribution in [3.8, 4) is 0 Å². The Balaban J connectivity index is 0.000000265. The van der Waals surface area contributed by atoms with Crippen LogP contribution in [0.1, 0.15) is 0 Å². The topological polar surface area (TPSA) is 80.1 Å². The summed E-state index contributed by atoms with van der Waals surface area (Å²) in [6.45, 7) is 0. The molecule has 15 heavy (non-hydrogen) atoms. The van der Waals surface area contributed by atoms with Gasteiger partial charge in [0, 0.05) is 6.20 Å². The molecule has 0 spiro atoms. The van der Waals surface area contributed by atoms with Crippen molar-refractivity contribution in [3.05, 3.63) is 34.7 Å². The number of hydrogen-bond donors (Lipinski definition) is 1. The molecule has 0 aliphatic rings. The largest absolute Gasteiger partial charge is 0.490 e. The van der Waals surface area contributed by atoms with E-state index in [-0.39, 0.29) is 5.43 Å². The number of aliphatic carboxylic acids is 1. The number of carboxylic acid groups (broad SMARTS) is 1. The Hall–Kier alpha value is -1.99. The Morgan fingerprint density at radius 3 is 2.33 bits per heavy atom. The van der Waals surface area contributed by atoms with Gasteiger partial charge in [-0.15, -0.1) is 0 Å². The molecule has 5 nitrogen and oxygen atoms in total. The molecule has 0 fully saturated rings. The average molecular weight is 222 g/mol. The van der Waals surface area contributed by atoms with Gasteiger partial charge in [0.1, 0.15) is 0 Å². The number of alkyl halides is 3. The van der Waals surface area contributed by atoms with Crippen molar-refractivity contribution < 1.29 is 23.1 Å². The summed E-state index contributed by atoms with van der Waals surface area (Å²) in [4.78, 5) is 19.3. The van der Waals surface area contributed by atoms with E-state index in [1.54, 1.807) is 6.07 Å². The number of halogens is 3. The molecule has 0 saturated carbocycles. The second kappa shape index (κ2) is 5.68. The third-order valence-electron chi connectivity index (χ3n) is 0.907. The molecule has 1 aromatic rings. The zero-order valence-corrected chi connectivity index (χ0v) is 7.10. The maximum absolute atomic E-state index is 10.6. The van der Waals surface area contributed by atoms with Crippen molar-refractivity contribution in [2.24, 2.45) is 0 Å². The van der Waals surface area contributed by atoms with Crippen LogP contribution in [0.5, 0.6) is 0 Å². The third-order valence-corrected chi connectivity index (χ3v) is 0.907. The van der Waals surface area contributed by atoms with Crippen LogP contribution in [-0.4, -0.2) is 27.4 Å². The van der Waals surface area contributed by atoms with E-state index in [2.05, 4.69) is 10.2 Å². The normalized spacial score (nSPS) is 9.80. The van der Waals surface area contributed by atoms with Crippen LogP contribution in [0.4, 0.5) is 13.2 Å². The Kier molecular flexibility index (Phi) is 4.93. The lowest BCUT2D eigenvalue weighted by Gasteiger charge is -1.93. The van der Waals surface area contributed by atoms with Crippen LogP contribution in [0.2, 0.25) is 0 Å². The SMILES string of the molecule is O=C(O)C(F)(F)F.O=c1cccnnc1. The molecule has 0 unspecified atom stereocenters. The van der Waals surface area contributed by atoms with Crippen molar-refractivity contribution in [3.63, 3.8) is 0 Å². The summed E-state index contributed by atoms with van der Waals surface area (Å²) in [5.41, 5.74) is -0.123. The second-order valence-corrected chi connectivity index (χ2v) is 2.07. The molecule has 82 valence electrons. The lowest BCUT2D eigenvalue weighted by atomic mass is 10.5. The number of carbonyl (C=O) groups is 1. The molecule has 1 rings (SSSR count). The minimum absolute atomic E-state index is 0.123. The number of nitrogens with zero attached hydrogens (tertiary/aromatic N) is 2. The fourth-order valence-electron chi connectivity index (χ4n) is 0.348. The maximum atomic E-state index is 10.6. The van der Waals surface area contributed by atoms with E-state index < -0.39 is 12.1 Å². The van der Waals surface area contributed by atoms with Gasteiger partial charge in [0.15, 0.2) is 5.43 Å². The number of carboxylic acids is 1. The molecule has 0 radical (unpaired) electrons. The van der Waals surface area contributed by atoms with Crippen LogP contribution in [0.25, 0.3) is 0 Å². The van der Waals surface area contributed by atoms with E-state index in [1.165, 1.54) is 18.5 Å². The van der Waals surface area contributed by atoms with Crippen molar-refractivity contribution in [1.82, 2.24) is 10.2 Å². The Morgan fingerprint density at radius 1 is 1.33 bits per heavy atom. The Labute approximate surface area is 81.2 Å².